The van der Waals surface area contributed by atoms with Gasteiger partial charge in [0.05, 0.1) is 0 Å². The summed E-state index contributed by atoms with van der Waals surface area (Å²) in [6, 6.07) is 0. The molecule has 11 heavy (non-hydrogen) atoms. The molecule has 0 aliphatic carbocycles. The van der Waals surface area contributed by atoms with Crippen molar-refractivity contribution in [3.63, 3.8) is 0 Å². The van der Waals surface area contributed by atoms with Crippen LogP contribution in [0.25, 0.3) is 0 Å². The summed E-state index contributed by atoms with van der Waals surface area (Å²) in [5, 5.41) is 0. The predicted octanol–water partition coefficient (Wildman–Crippen LogP) is 0.547. The summed E-state index contributed by atoms with van der Waals surface area (Å²) in [6.07, 6.45) is 1.60. The Balaban J connectivity index is 3.80. The maximum Gasteiger partial charge on any atom is 0.358 e. The minimum absolute atomic E-state index is 0.401. The van der Waals surface area contributed by atoms with Crippen molar-refractivity contribution in [3.05, 3.63) is 11.6 Å². The largest absolute Gasteiger partial charge is 0.358 e. The van der Waals surface area contributed by atoms with E-state index in [1.54, 1.807) is 19.9 Å². The molecule has 0 heterocycles. The van der Waals surface area contributed by atoms with Crippen LogP contribution in [0.2, 0.25) is 0 Å². The van der Waals surface area contributed by atoms with Crippen LogP contribution in [0.4, 0.5) is 0 Å². The highest BCUT2D eigenvalue weighted by Gasteiger charge is 2.04. The molecule has 0 saturated carbocycles. The third-order valence-electron chi connectivity index (χ3n) is 1.04. The van der Waals surface area contributed by atoms with Crippen molar-refractivity contribution in [2.75, 3.05) is 0 Å². The van der Waals surface area contributed by atoms with E-state index in [2.05, 4.69) is 4.84 Å². The molecule has 0 rings (SSSR count). The molecule has 1 amide bonds. The van der Waals surface area contributed by atoms with Crippen LogP contribution in [0.5, 0.6) is 0 Å². The zero-order valence-corrected chi connectivity index (χ0v) is 6.80. The van der Waals surface area contributed by atoms with Crippen LogP contribution in [0, 0.1) is 0 Å². The van der Waals surface area contributed by atoms with Gasteiger partial charge in [0.1, 0.15) is 0 Å². The van der Waals surface area contributed by atoms with E-state index in [1.807, 2.05) is 5.48 Å². The van der Waals surface area contributed by atoms with Gasteiger partial charge in [0.2, 0.25) is 5.91 Å². The van der Waals surface area contributed by atoms with Crippen LogP contribution in [0.1, 0.15) is 20.8 Å². The molecule has 0 atom stereocenters. The molecule has 0 radical (unpaired) electrons. The maximum absolute atomic E-state index is 10.8. The van der Waals surface area contributed by atoms with Gasteiger partial charge in [0.15, 0.2) is 0 Å². The fourth-order valence-corrected chi connectivity index (χ4v) is 0.317. The standard InChI is InChI=1S/C7H11NO3/c1-4-5(2)7(10)11-8-6(3)9/h4H,1-3H3,(H,8,9)/b5-4+. The topological polar surface area (TPSA) is 55.4 Å². The molecule has 0 saturated heterocycles. The number of hydrogen-bond acceptors (Lipinski definition) is 3. The fourth-order valence-electron chi connectivity index (χ4n) is 0.317. The first kappa shape index (κ1) is 9.68. The lowest BCUT2D eigenvalue weighted by molar-refractivity contribution is -0.153. The lowest BCUT2D eigenvalue weighted by Crippen LogP contribution is -2.24. The quantitative estimate of drug-likeness (QED) is 0.446. The average molecular weight is 157 g/mol. The second-order valence-electron chi connectivity index (χ2n) is 2.02. The zero-order valence-electron chi connectivity index (χ0n) is 6.80. The van der Waals surface area contributed by atoms with Gasteiger partial charge in [-0.3, -0.25) is 4.79 Å². The highest BCUT2D eigenvalue weighted by Crippen LogP contribution is 1.92. The van der Waals surface area contributed by atoms with Gasteiger partial charge < -0.3 is 4.84 Å². The Hall–Kier alpha value is -1.32. The summed E-state index contributed by atoms with van der Waals surface area (Å²) in [5.41, 5.74) is 2.39. The molecular weight excluding hydrogens is 146 g/mol. The highest BCUT2D eigenvalue weighted by atomic mass is 16.7. The van der Waals surface area contributed by atoms with Gasteiger partial charge in [-0.05, 0) is 13.8 Å². The number of hydroxylamine groups is 1. The molecule has 0 aromatic carbocycles. The van der Waals surface area contributed by atoms with Crippen LogP contribution in [-0.4, -0.2) is 11.9 Å². The number of hydrogen-bond donors (Lipinski definition) is 1. The van der Waals surface area contributed by atoms with Crippen molar-refractivity contribution in [2.45, 2.75) is 20.8 Å². The maximum atomic E-state index is 10.8. The van der Waals surface area contributed by atoms with Gasteiger partial charge in [-0.1, -0.05) is 6.08 Å². The Morgan fingerprint density at radius 2 is 1.91 bits per heavy atom. The second kappa shape index (κ2) is 4.49. The van der Waals surface area contributed by atoms with Crippen LogP contribution in [0.15, 0.2) is 11.6 Å². The SMILES string of the molecule is C/C=C(\C)C(=O)ONC(C)=O. The molecule has 1 N–H and O–H groups in total. The zero-order chi connectivity index (χ0) is 8.85. The lowest BCUT2D eigenvalue weighted by Gasteiger charge is -2.01. The van der Waals surface area contributed by atoms with Gasteiger partial charge >= 0.3 is 5.97 Å². The van der Waals surface area contributed by atoms with Gasteiger partial charge in [0.25, 0.3) is 0 Å². The third kappa shape index (κ3) is 4.13. The number of carbonyl (C=O) groups excluding carboxylic acids is 2. The highest BCUT2D eigenvalue weighted by molar-refractivity contribution is 5.88. The van der Waals surface area contributed by atoms with E-state index < -0.39 is 11.9 Å². The average Bonchev–Trinajstić information content (AvgIpc) is 1.98. The Morgan fingerprint density at radius 3 is 2.27 bits per heavy atom. The van der Waals surface area contributed by atoms with Crippen molar-refractivity contribution < 1.29 is 14.4 Å². The monoisotopic (exact) mass is 157 g/mol. The molecule has 0 aliphatic heterocycles. The molecule has 62 valence electrons. The third-order valence-corrected chi connectivity index (χ3v) is 1.04. The minimum atomic E-state index is -0.539. The smallest absolute Gasteiger partial charge is 0.336 e. The summed E-state index contributed by atoms with van der Waals surface area (Å²) < 4.78 is 0. The number of nitrogens with one attached hydrogen (secondary N) is 1. The van der Waals surface area contributed by atoms with E-state index in [9.17, 15) is 9.59 Å². The van der Waals surface area contributed by atoms with Crippen molar-refractivity contribution in [2.24, 2.45) is 0 Å². The molecule has 0 aliphatic rings. The number of rotatable bonds is 1. The summed E-state index contributed by atoms with van der Waals surface area (Å²) in [4.78, 5) is 25.4. The van der Waals surface area contributed by atoms with Crippen LogP contribution < -0.4 is 5.48 Å². The molecule has 0 unspecified atom stereocenters. The molecule has 0 spiro atoms. The van der Waals surface area contributed by atoms with E-state index in [0.29, 0.717) is 5.57 Å². The van der Waals surface area contributed by atoms with E-state index in [4.69, 9.17) is 0 Å². The van der Waals surface area contributed by atoms with Gasteiger partial charge in [-0.15, -0.1) is 0 Å². The predicted molar refractivity (Wildman–Crippen MR) is 39.3 cm³/mol. The normalized spacial score (nSPS) is 10.6. The number of allylic oxidation sites excluding steroid dienone is 1. The van der Waals surface area contributed by atoms with Gasteiger partial charge in [-0.2, -0.15) is 5.48 Å². The van der Waals surface area contributed by atoms with Crippen molar-refractivity contribution in [1.82, 2.24) is 5.48 Å². The molecule has 4 nitrogen and oxygen atoms in total. The van der Waals surface area contributed by atoms with Crippen LogP contribution in [0.3, 0.4) is 0 Å². The molecule has 0 bridgehead atoms. The summed E-state index contributed by atoms with van der Waals surface area (Å²) in [7, 11) is 0. The first-order valence-electron chi connectivity index (χ1n) is 3.18. The van der Waals surface area contributed by atoms with E-state index in [-0.39, 0.29) is 0 Å². The van der Waals surface area contributed by atoms with E-state index in [0.717, 1.165) is 0 Å². The van der Waals surface area contributed by atoms with E-state index in [1.165, 1.54) is 6.92 Å². The van der Waals surface area contributed by atoms with Crippen molar-refractivity contribution in [1.29, 1.82) is 0 Å². The molecule has 0 fully saturated rings. The van der Waals surface area contributed by atoms with Crippen LogP contribution in [-0.2, 0) is 14.4 Å². The number of amides is 1. The lowest BCUT2D eigenvalue weighted by atomic mass is 10.3. The van der Waals surface area contributed by atoms with Gasteiger partial charge in [-0.25, -0.2) is 4.79 Å². The Labute approximate surface area is 65.2 Å². The molecule has 0 aromatic rings. The second-order valence-corrected chi connectivity index (χ2v) is 2.02. The van der Waals surface area contributed by atoms with Crippen LogP contribution >= 0.6 is 0 Å². The molecule has 0 aromatic heterocycles. The fraction of sp³-hybridized carbons (Fsp3) is 0.429. The van der Waals surface area contributed by atoms with Crippen molar-refractivity contribution in [3.8, 4) is 0 Å². The molecular formula is C7H11NO3. The number of carbonyl (C=O) groups is 2. The Kier molecular flexibility index (Phi) is 3.95. The van der Waals surface area contributed by atoms with E-state index >= 15 is 0 Å². The Morgan fingerprint density at radius 1 is 1.36 bits per heavy atom. The first-order chi connectivity index (χ1) is 5.07. The minimum Gasteiger partial charge on any atom is -0.336 e. The first-order valence-corrected chi connectivity index (χ1v) is 3.18. The molecule has 4 heteroatoms. The summed E-state index contributed by atoms with van der Waals surface area (Å²) >= 11 is 0. The summed E-state index contributed by atoms with van der Waals surface area (Å²) in [6.45, 7) is 4.58. The van der Waals surface area contributed by atoms with Gasteiger partial charge in [0, 0.05) is 12.5 Å². The Bertz CT molecular complexity index is 196. The summed E-state index contributed by atoms with van der Waals surface area (Å²) in [5.74, 6) is -0.940. The van der Waals surface area contributed by atoms with Crippen molar-refractivity contribution >= 4 is 11.9 Å².